The first-order valence-corrected chi connectivity index (χ1v) is 6.99. The number of carbonyl (C=O) groups excluding carboxylic acids is 1. The lowest BCUT2D eigenvalue weighted by Crippen LogP contribution is -2.07. The predicted molar refractivity (Wildman–Crippen MR) is 79.8 cm³/mol. The zero-order valence-corrected chi connectivity index (χ0v) is 12.2. The lowest BCUT2D eigenvalue weighted by atomic mass is 9.94. The Kier molecular flexibility index (Phi) is 4.33. The second-order valence-electron chi connectivity index (χ2n) is 4.99. The molecule has 0 heterocycles. The third-order valence-corrected chi connectivity index (χ3v) is 3.64. The fourth-order valence-electron chi connectivity index (χ4n) is 2.25. The summed E-state index contributed by atoms with van der Waals surface area (Å²) in [4.78, 5) is 12.6. The zero-order chi connectivity index (χ0) is 14.7. The van der Waals surface area contributed by atoms with Gasteiger partial charge in [-0.1, -0.05) is 38.1 Å². The summed E-state index contributed by atoms with van der Waals surface area (Å²) >= 11 is 0. The summed E-state index contributed by atoms with van der Waals surface area (Å²) in [6.07, 6.45) is 1.67. The molecule has 2 heteroatoms. The third kappa shape index (κ3) is 2.79. The molecule has 0 N–H and O–H groups in total. The van der Waals surface area contributed by atoms with E-state index in [1.807, 2.05) is 25.1 Å². The molecule has 0 radical (unpaired) electrons. The maximum absolute atomic E-state index is 13.6. The van der Waals surface area contributed by atoms with Gasteiger partial charge in [0.05, 0.1) is 0 Å². The Hall–Kier alpha value is -1.96. The van der Waals surface area contributed by atoms with Crippen molar-refractivity contribution in [2.24, 2.45) is 0 Å². The molecule has 2 aromatic rings. The molecule has 1 nitrogen and oxygen atoms in total. The predicted octanol–water partition coefficient (Wildman–Crippen LogP) is 4.49. The Bertz CT molecular complexity index is 644. The molecule has 20 heavy (non-hydrogen) atoms. The second-order valence-corrected chi connectivity index (χ2v) is 4.99. The first-order valence-electron chi connectivity index (χ1n) is 6.99. The Labute approximate surface area is 119 Å². The van der Waals surface area contributed by atoms with E-state index < -0.39 is 0 Å². The smallest absolute Gasteiger partial charge is 0.193 e. The van der Waals surface area contributed by atoms with Gasteiger partial charge >= 0.3 is 0 Å². The maximum atomic E-state index is 13.6. The van der Waals surface area contributed by atoms with E-state index in [0.717, 1.165) is 24.0 Å². The molecule has 0 aliphatic heterocycles. The highest BCUT2D eigenvalue weighted by Crippen LogP contribution is 2.19. The van der Waals surface area contributed by atoms with Crippen molar-refractivity contribution in [1.82, 2.24) is 0 Å². The summed E-state index contributed by atoms with van der Waals surface area (Å²) < 4.78 is 13.6. The minimum Gasteiger partial charge on any atom is -0.289 e. The monoisotopic (exact) mass is 270 g/mol. The van der Waals surface area contributed by atoms with E-state index in [2.05, 4.69) is 6.92 Å². The molecule has 0 atom stereocenters. The summed E-state index contributed by atoms with van der Waals surface area (Å²) in [5, 5.41) is 0. The summed E-state index contributed by atoms with van der Waals surface area (Å²) in [5.41, 5.74) is 3.79. The van der Waals surface area contributed by atoms with Crippen LogP contribution in [0.25, 0.3) is 0 Å². The molecule has 0 aliphatic carbocycles. The maximum Gasteiger partial charge on any atom is 0.193 e. The van der Waals surface area contributed by atoms with Gasteiger partial charge in [-0.3, -0.25) is 4.79 Å². The summed E-state index contributed by atoms with van der Waals surface area (Å²) in [6, 6.07) is 10.6. The first-order chi connectivity index (χ1) is 9.56. The van der Waals surface area contributed by atoms with Crippen LogP contribution in [0, 0.1) is 12.7 Å². The molecule has 0 unspecified atom stereocenters. The van der Waals surface area contributed by atoms with Gasteiger partial charge in [-0.25, -0.2) is 4.39 Å². The number of aryl methyl sites for hydroxylation is 3. The molecule has 104 valence electrons. The summed E-state index contributed by atoms with van der Waals surface area (Å²) in [7, 11) is 0. The van der Waals surface area contributed by atoms with Crippen molar-refractivity contribution in [3.05, 3.63) is 70.0 Å². The number of benzene rings is 2. The van der Waals surface area contributed by atoms with Crippen molar-refractivity contribution in [1.29, 1.82) is 0 Å². The fraction of sp³-hybridized carbons (Fsp3) is 0.278. The molecule has 2 aromatic carbocycles. The van der Waals surface area contributed by atoms with Crippen molar-refractivity contribution < 1.29 is 9.18 Å². The molecular formula is C18H19FO. The van der Waals surface area contributed by atoms with Gasteiger partial charge < -0.3 is 0 Å². The molecule has 0 bridgehead atoms. The molecule has 0 fully saturated rings. The minimum absolute atomic E-state index is 0.101. The van der Waals surface area contributed by atoms with Gasteiger partial charge in [0, 0.05) is 11.1 Å². The molecule has 0 amide bonds. The van der Waals surface area contributed by atoms with Crippen molar-refractivity contribution in [2.75, 3.05) is 0 Å². The lowest BCUT2D eigenvalue weighted by molar-refractivity contribution is 0.103. The van der Waals surface area contributed by atoms with E-state index in [1.165, 1.54) is 6.07 Å². The van der Waals surface area contributed by atoms with Gasteiger partial charge in [-0.15, -0.1) is 0 Å². The van der Waals surface area contributed by atoms with Gasteiger partial charge in [0.1, 0.15) is 5.82 Å². The van der Waals surface area contributed by atoms with Crippen LogP contribution < -0.4 is 0 Å². The van der Waals surface area contributed by atoms with Crippen LogP contribution in [0.4, 0.5) is 4.39 Å². The van der Waals surface area contributed by atoms with Crippen molar-refractivity contribution in [3.63, 3.8) is 0 Å². The summed E-state index contributed by atoms with van der Waals surface area (Å²) in [6.45, 7) is 5.77. The third-order valence-electron chi connectivity index (χ3n) is 3.64. The Morgan fingerprint density at radius 3 is 2.40 bits per heavy atom. The van der Waals surface area contributed by atoms with Crippen LogP contribution in [-0.4, -0.2) is 5.78 Å². The summed E-state index contributed by atoms with van der Waals surface area (Å²) in [5.74, 6) is -0.434. The number of halogens is 1. The average Bonchev–Trinajstić information content (AvgIpc) is 2.48. The number of carbonyl (C=O) groups is 1. The van der Waals surface area contributed by atoms with E-state index in [4.69, 9.17) is 0 Å². The highest BCUT2D eigenvalue weighted by Gasteiger charge is 2.14. The van der Waals surface area contributed by atoms with Crippen molar-refractivity contribution >= 4 is 5.78 Å². The van der Waals surface area contributed by atoms with Crippen LogP contribution >= 0.6 is 0 Å². The van der Waals surface area contributed by atoms with Gasteiger partial charge in [0.2, 0.25) is 0 Å². The van der Waals surface area contributed by atoms with E-state index in [-0.39, 0.29) is 11.6 Å². The van der Waals surface area contributed by atoms with Crippen molar-refractivity contribution in [2.45, 2.75) is 33.6 Å². The molecule has 0 aliphatic rings. The largest absolute Gasteiger partial charge is 0.289 e. The highest BCUT2D eigenvalue weighted by molar-refractivity contribution is 6.10. The zero-order valence-electron chi connectivity index (χ0n) is 12.2. The lowest BCUT2D eigenvalue weighted by Gasteiger charge is -2.10. The molecule has 0 aromatic heterocycles. The quantitative estimate of drug-likeness (QED) is 0.748. The number of rotatable bonds is 4. The van der Waals surface area contributed by atoms with E-state index in [9.17, 15) is 9.18 Å². The van der Waals surface area contributed by atoms with E-state index in [0.29, 0.717) is 16.7 Å². The number of hydrogen-bond donors (Lipinski definition) is 0. The first kappa shape index (κ1) is 14.4. The number of ketones is 1. The molecule has 0 saturated carbocycles. The van der Waals surface area contributed by atoms with Crippen LogP contribution in [0.5, 0.6) is 0 Å². The number of hydrogen-bond acceptors (Lipinski definition) is 1. The van der Waals surface area contributed by atoms with Gasteiger partial charge in [0.15, 0.2) is 5.78 Å². The molecular weight excluding hydrogens is 251 g/mol. The van der Waals surface area contributed by atoms with Gasteiger partial charge in [0.25, 0.3) is 0 Å². The van der Waals surface area contributed by atoms with Crippen LogP contribution in [0.3, 0.4) is 0 Å². The van der Waals surface area contributed by atoms with Crippen LogP contribution in [-0.2, 0) is 12.8 Å². The van der Waals surface area contributed by atoms with E-state index >= 15 is 0 Å². The topological polar surface area (TPSA) is 17.1 Å². The van der Waals surface area contributed by atoms with Gasteiger partial charge in [-0.2, -0.15) is 0 Å². The fourth-order valence-corrected chi connectivity index (χ4v) is 2.25. The average molecular weight is 270 g/mol. The Morgan fingerprint density at radius 2 is 1.80 bits per heavy atom. The second kappa shape index (κ2) is 6.00. The molecule has 0 saturated heterocycles. The van der Waals surface area contributed by atoms with Gasteiger partial charge in [-0.05, 0) is 48.6 Å². The normalized spacial score (nSPS) is 10.6. The minimum atomic E-state index is -0.333. The van der Waals surface area contributed by atoms with Crippen LogP contribution in [0.1, 0.15) is 46.5 Å². The molecule has 2 rings (SSSR count). The van der Waals surface area contributed by atoms with Crippen molar-refractivity contribution in [3.8, 4) is 0 Å². The van der Waals surface area contributed by atoms with E-state index in [1.54, 1.807) is 19.1 Å². The standard InChI is InChI=1S/C18H19FO/c1-4-13-7-9-14(5-2)16(10-13)18(20)15-8-6-12(3)17(19)11-15/h6-11H,4-5H2,1-3H3. The Morgan fingerprint density at radius 1 is 1.05 bits per heavy atom. The van der Waals surface area contributed by atoms with Crippen LogP contribution in [0.15, 0.2) is 36.4 Å². The highest BCUT2D eigenvalue weighted by atomic mass is 19.1. The van der Waals surface area contributed by atoms with Crippen LogP contribution in [0.2, 0.25) is 0 Å². The Balaban J connectivity index is 2.48. The molecule has 0 spiro atoms. The SMILES string of the molecule is CCc1ccc(CC)c(C(=O)c2ccc(C)c(F)c2)c1.